The third-order valence-electron chi connectivity index (χ3n) is 5.30. The van der Waals surface area contributed by atoms with Crippen molar-refractivity contribution in [2.45, 2.75) is 19.1 Å². The summed E-state index contributed by atoms with van der Waals surface area (Å²) < 4.78 is 7.34. The van der Waals surface area contributed by atoms with Gasteiger partial charge in [-0.3, -0.25) is 14.4 Å². The number of aryl methyl sites for hydroxylation is 1. The van der Waals surface area contributed by atoms with Crippen LogP contribution in [0.1, 0.15) is 11.1 Å². The van der Waals surface area contributed by atoms with Crippen LogP contribution in [0, 0.1) is 0 Å². The highest BCUT2D eigenvalue weighted by Gasteiger charge is 2.18. The molecule has 1 aromatic heterocycles. The second kappa shape index (κ2) is 8.63. The van der Waals surface area contributed by atoms with Crippen molar-refractivity contribution in [1.82, 2.24) is 20.0 Å². The number of β-amino-alcohol motifs (C(OH)–C–C–N with tert-alkyl or cyclic N) is 1. The van der Waals surface area contributed by atoms with Gasteiger partial charge < -0.3 is 15.2 Å². The van der Waals surface area contributed by atoms with Crippen LogP contribution in [0.5, 0.6) is 5.75 Å². The summed E-state index contributed by atoms with van der Waals surface area (Å²) >= 11 is 0. The quantitative estimate of drug-likeness (QED) is 0.635. The standard InChI is InChI=1S/C22H26N4O3/c1-25-21-10-20(7-6-17(21)11-24-25)29-15-22(28)23-12-19(27)14-26-9-8-16-4-2-3-5-18(16)13-26/h2-7,10-11,19,27H,8-9,12-15H2,1H3,(H,23,28)/t19-/m1/s1. The first-order chi connectivity index (χ1) is 14.1. The Balaban J connectivity index is 1.20. The molecule has 0 saturated carbocycles. The van der Waals surface area contributed by atoms with E-state index in [0.717, 1.165) is 30.4 Å². The molecule has 1 aliphatic heterocycles. The molecule has 0 saturated heterocycles. The molecule has 7 nitrogen and oxygen atoms in total. The molecule has 0 fully saturated rings. The van der Waals surface area contributed by atoms with Crippen LogP contribution in [0.25, 0.3) is 10.9 Å². The monoisotopic (exact) mass is 394 g/mol. The first kappa shape index (κ1) is 19.4. The Morgan fingerprint density at radius 2 is 2.10 bits per heavy atom. The molecule has 3 aromatic rings. The van der Waals surface area contributed by atoms with E-state index in [2.05, 4.69) is 33.5 Å². The molecular weight excluding hydrogens is 368 g/mol. The third-order valence-corrected chi connectivity index (χ3v) is 5.30. The maximum absolute atomic E-state index is 12.1. The fraction of sp³-hybridized carbons (Fsp3) is 0.364. The number of aliphatic hydroxyl groups is 1. The van der Waals surface area contributed by atoms with Crippen molar-refractivity contribution < 1.29 is 14.6 Å². The zero-order chi connectivity index (χ0) is 20.2. The van der Waals surface area contributed by atoms with Gasteiger partial charge in [-0.15, -0.1) is 0 Å². The van der Waals surface area contributed by atoms with Crippen LogP contribution in [-0.2, 0) is 24.8 Å². The number of aromatic nitrogens is 2. The fourth-order valence-corrected chi connectivity index (χ4v) is 3.72. The zero-order valence-electron chi connectivity index (χ0n) is 16.5. The highest BCUT2D eigenvalue weighted by Crippen LogP contribution is 2.20. The zero-order valence-corrected chi connectivity index (χ0v) is 16.5. The van der Waals surface area contributed by atoms with Crippen LogP contribution in [0.3, 0.4) is 0 Å². The first-order valence-corrected chi connectivity index (χ1v) is 9.87. The fourth-order valence-electron chi connectivity index (χ4n) is 3.72. The predicted molar refractivity (Wildman–Crippen MR) is 111 cm³/mol. The Morgan fingerprint density at radius 1 is 1.28 bits per heavy atom. The number of carbonyl (C=O) groups is 1. The van der Waals surface area contributed by atoms with E-state index in [1.54, 1.807) is 10.9 Å². The molecule has 0 spiro atoms. The van der Waals surface area contributed by atoms with Crippen LogP contribution in [0.15, 0.2) is 48.7 Å². The van der Waals surface area contributed by atoms with Gasteiger partial charge in [0.25, 0.3) is 5.91 Å². The maximum atomic E-state index is 12.1. The summed E-state index contributed by atoms with van der Waals surface area (Å²) in [7, 11) is 1.86. The molecule has 4 rings (SSSR count). The highest BCUT2D eigenvalue weighted by molar-refractivity contribution is 5.80. The first-order valence-electron chi connectivity index (χ1n) is 9.87. The second-order valence-electron chi connectivity index (χ2n) is 7.49. The molecule has 2 heterocycles. The summed E-state index contributed by atoms with van der Waals surface area (Å²) in [5, 5.41) is 18.3. The average Bonchev–Trinajstić information content (AvgIpc) is 3.11. The van der Waals surface area contributed by atoms with Gasteiger partial charge in [0, 0.05) is 44.7 Å². The summed E-state index contributed by atoms with van der Waals surface area (Å²) in [6.07, 6.45) is 2.16. The largest absolute Gasteiger partial charge is 0.484 e. The molecule has 7 heteroatoms. The van der Waals surface area contributed by atoms with Crippen molar-refractivity contribution in [1.29, 1.82) is 0 Å². The lowest BCUT2D eigenvalue weighted by Gasteiger charge is -2.30. The Labute approximate surface area is 169 Å². The Morgan fingerprint density at radius 3 is 2.97 bits per heavy atom. The molecule has 2 N–H and O–H groups in total. The lowest BCUT2D eigenvalue weighted by atomic mass is 10.00. The summed E-state index contributed by atoms with van der Waals surface area (Å²) in [6, 6.07) is 14.0. The number of rotatable bonds is 7. The number of nitrogens with zero attached hydrogens (tertiary/aromatic N) is 3. The molecule has 29 heavy (non-hydrogen) atoms. The normalized spacial score (nSPS) is 15.1. The van der Waals surface area contributed by atoms with Crippen molar-refractivity contribution in [3.63, 3.8) is 0 Å². The number of ether oxygens (including phenoxy) is 1. The van der Waals surface area contributed by atoms with Crippen molar-refractivity contribution in [3.05, 3.63) is 59.8 Å². The summed E-state index contributed by atoms with van der Waals surface area (Å²) in [5.41, 5.74) is 3.64. The topological polar surface area (TPSA) is 79.6 Å². The van der Waals surface area contributed by atoms with E-state index in [-0.39, 0.29) is 19.1 Å². The van der Waals surface area contributed by atoms with Crippen molar-refractivity contribution in [2.24, 2.45) is 7.05 Å². The summed E-state index contributed by atoms with van der Waals surface area (Å²) in [6.45, 7) is 2.41. The van der Waals surface area contributed by atoms with Gasteiger partial charge in [-0.05, 0) is 29.7 Å². The van der Waals surface area contributed by atoms with Crippen molar-refractivity contribution in [2.75, 3.05) is 26.2 Å². The van der Waals surface area contributed by atoms with Crippen molar-refractivity contribution in [3.8, 4) is 5.75 Å². The SMILES string of the molecule is Cn1ncc2ccc(OCC(=O)NC[C@@H](O)CN3CCc4ccccc4C3)cc21. The van der Waals surface area contributed by atoms with E-state index >= 15 is 0 Å². The number of amides is 1. The number of nitrogens with one attached hydrogen (secondary N) is 1. The molecule has 1 atom stereocenters. The van der Waals surface area contributed by atoms with Crippen LogP contribution in [0.2, 0.25) is 0 Å². The van der Waals surface area contributed by atoms with Gasteiger partial charge in [-0.2, -0.15) is 5.10 Å². The van der Waals surface area contributed by atoms with Crippen LogP contribution in [-0.4, -0.2) is 58.0 Å². The van der Waals surface area contributed by atoms with E-state index in [1.165, 1.54) is 11.1 Å². The molecule has 0 unspecified atom stereocenters. The van der Waals surface area contributed by atoms with Gasteiger partial charge in [-0.25, -0.2) is 0 Å². The average molecular weight is 394 g/mol. The number of hydrogen-bond acceptors (Lipinski definition) is 5. The molecule has 0 radical (unpaired) electrons. The number of aliphatic hydroxyl groups excluding tert-OH is 1. The number of fused-ring (bicyclic) bond motifs is 2. The van der Waals surface area contributed by atoms with Gasteiger partial charge >= 0.3 is 0 Å². The molecular formula is C22H26N4O3. The van der Waals surface area contributed by atoms with E-state index in [4.69, 9.17) is 4.74 Å². The molecule has 0 aliphatic carbocycles. The maximum Gasteiger partial charge on any atom is 0.258 e. The van der Waals surface area contributed by atoms with E-state index in [1.807, 2.05) is 31.3 Å². The minimum absolute atomic E-state index is 0.0901. The van der Waals surface area contributed by atoms with E-state index in [9.17, 15) is 9.90 Å². The Bertz CT molecular complexity index is 1000. The Kier molecular flexibility index (Phi) is 5.78. The smallest absolute Gasteiger partial charge is 0.258 e. The predicted octanol–water partition coefficient (Wildman–Crippen LogP) is 1.49. The molecule has 152 valence electrons. The lowest BCUT2D eigenvalue weighted by molar-refractivity contribution is -0.123. The molecule has 1 aliphatic rings. The van der Waals surface area contributed by atoms with Gasteiger partial charge in [0.2, 0.25) is 0 Å². The second-order valence-corrected chi connectivity index (χ2v) is 7.49. The molecule has 0 bridgehead atoms. The Hall–Kier alpha value is -2.90. The molecule has 2 aromatic carbocycles. The van der Waals surface area contributed by atoms with Crippen LogP contribution >= 0.6 is 0 Å². The van der Waals surface area contributed by atoms with Gasteiger partial charge in [0.15, 0.2) is 6.61 Å². The molecule has 1 amide bonds. The van der Waals surface area contributed by atoms with E-state index in [0.29, 0.717) is 12.3 Å². The summed E-state index contributed by atoms with van der Waals surface area (Å²) in [4.78, 5) is 14.3. The van der Waals surface area contributed by atoms with Gasteiger partial charge in [0.1, 0.15) is 5.75 Å². The lowest BCUT2D eigenvalue weighted by Crippen LogP contribution is -2.42. The van der Waals surface area contributed by atoms with Crippen molar-refractivity contribution >= 4 is 16.8 Å². The van der Waals surface area contributed by atoms with E-state index < -0.39 is 6.10 Å². The number of hydrogen-bond donors (Lipinski definition) is 2. The minimum Gasteiger partial charge on any atom is -0.484 e. The van der Waals surface area contributed by atoms with Crippen LogP contribution < -0.4 is 10.1 Å². The van der Waals surface area contributed by atoms with Gasteiger partial charge in [0.05, 0.1) is 17.8 Å². The minimum atomic E-state index is -0.616. The van der Waals surface area contributed by atoms with Crippen LogP contribution in [0.4, 0.5) is 0 Å². The number of benzene rings is 2. The summed E-state index contributed by atoms with van der Waals surface area (Å²) in [5.74, 6) is 0.363. The highest BCUT2D eigenvalue weighted by atomic mass is 16.5. The van der Waals surface area contributed by atoms with Gasteiger partial charge in [-0.1, -0.05) is 24.3 Å². The third kappa shape index (κ3) is 4.75. The number of carbonyl (C=O) groups excluding carboxylic acids is 1.